The summed E-state index contributed by atoms with van der Waals surface area (Å²) in [4.78, 5) is 33.2. The van der Waals surface area contributed by atoms with Crippen molar-refractivity contribution in [3.05, 3.63) is 35.4 Å². The van der Waals surface area contributed by atoms with Crippen LogP contribution in [0, 0.1) is 0 Å². The minimum Gasteiger partial charge on any atom is -0.375 e. The number of nitrogens with zero attached hydrogens (tertiary/aromatic N) is 4. The quantitative estimate of drug-likeness (QED) is 0.742. The van der Waals surface area contributed by atoms with Gasteiger partial charge in [0.05, 0.1) is 17.6 Å². The van der Waals surface area contributed by atoms with E-state index in [1.165, 1.54) is 17.8 Å². The standard InChI is InChI=1S/C21H32N6O2/c1-3-4-5-18-22-12-16(25-18)13-26-10-7-21(8-11-26)20-17(23-15-24-20)6-9-27(21)19(28)14-29-2/h12,15H,3-11,13-14H2,1-2H3,(H,22,25)(H,23,24). The Hall–Kier alpha value is -2.19. The molecule has 0 aliphatic carbocycles. The molecule has 4 rings (SSSR count). The lowest BCUT2D eigenvalue weighted by molar-refractivity contribution is -0.146. The van der Waals surface area contributed by atoms with Crippen molar-refractivity contribution in [2.75, 3.05) is 33.4 Å². The van der Waals surface area contributed by atoms with Gasteiger partial charge in [-0.1, -0.05) is 13.3 Å². The highest BCUT2D eigenvalue weighted by molar-refractivity contribution is 5.79. The highest BCUT2D eigenvalue weighted by atomic mass is 16.5. The molecule has 2 aliphatic heterocycles. The third kappa shape index (κ3) is 3.96. The highest BCUT2D eigenvalue weighted by Gasteiger charge is 2.48. The number of aromatic nitrogens is 4. The van der Waals surface area contributed by atoms with Crippen LogP contribution < -0.4 is 0 Å². The van der Waals surface area contributed by atoms with Crippen molar-refractivity contribution in [3.8, 4) is 0 Å². The minimum atomic E-state index is -0.319. The zero-order valence-corrected chi connectivity index (χ0v) is 17.5. The van der Waals surface area contributed by atoms with Gasteiger partial charge in [0.1, 0.15) is 12.4 Å². The molecule has 2 aromatic heterocycles. The number of fused-ring (bicyclic) bond motifs is 2. The Morgan fingerprint density at radius 2 is 2.10 bits per heavy atom. The van der Waals surface area contributed by atoms with Crippen molar-refractivity contribution in [1.82, 2.24) is 29.7 Å². The van der Waals surface area contributed by atoms with Gasteiger partial charge in [-0.3, -0.25) is 9.69 Å². The normalized spacial score (nSPS) is 18.9. The molecule has 1 fully saturated rings. The van der Waals surface area contributed by atoms with E-state index in [1.54, 1.807) is 13.4 Å². The van der Waals surface area contributed by atoms with E-state index < -0.39 is 0 Å². The van der Waals surface area contributed by atoms with E-state index in [2.05, 4.69) is 31.8 Å². The number of aromatic amines is 2. The Labute approximate surface area is 172 Å². The fraction of sp³-hybridized carbons (Fsp3) is 0.667. The van der Waals surface area contributed by atoms with Crippen molar-refractivity contribution in [1.29, 1.82) is 0 Å². The Balaban J connectivity index is 1.45. The molecule has 0 bridgehead atoms. The summed E-state index contributed by atoms with van der Waals surface area (Å²) in [6, 6.07) is 0. The van der Waals surface area contributed by atoms with Crippen LogP contribution in [0.25, 0.3) is 0 Å². The molecule has 29 heavy (non-hydrogen) atoms. The molecule has 0 aromatic carbocycles. The summed E-state index contributed by atoms with van der Waals surface area (Å²) in [5.74, 6) is 1.14. The average Bonchev–Trinajstić information content (AvgIpc) is 3.38. The van der Waals surface area contributed by atoms with Crippen LogP contribution in [0.5, 0.6) is 0 Å². The summed E-state index contributed by atoms with van der Waals surface area (Å²) < 4.78 is 5.15. The van der Waals surface area contributed by atoms with Crippen LogP contribution in [-0.2, 0) is 34.5 Å². The zero-order chi connectivity index (χ0) is 20.3. The SMILES string of the molecule is CCCCc1ncc(CN2CCC3(CC2)c2nc[nH]c2CCN3C(=O)COC)[nH]1. The molecular formula is C21H32N6O2. The van der Waals surface area contributed by atoms with Gasteiger partial charge in [0.25, 0.3) is 0 Å². The lowest BCUT2D eigenvalue weighted by Gasteiger charge is -2.50. The van der Waals surface area contributed by atoms with Gasteiger partial charge in [0, 0.05) is 63.7 Å². The fourth-order valence-corrected chi connectivity index (χ4v) is 4.83. The molecule has 2 N–H and O–H groups in total. The molecule has 0 unspecified atom stereocenters. The van der Waals surface area contributed by atoms with Gasteiger partial charge in [-0.15, -0.1) is 0 Å². The largest absolute Gasteiger partial charge is 0.375 e. The Morgan fingerprint density at radius 1 is 1.28 bits per heavy atom. The van der Waals surface area contributed by atoms with Crippen LogP contribution in [0.4, 0.5) is 0 Å². The molecule has 4 heterocycles. The molecule has 0 radical (unpaired) electrons. The van der Waals surface area contributed by atoms with Gasteiger partial charge in [-0.2, -0.15) is 0 Å². The van der Waals surface area contributed by atoms with E-state index >= 15 is 0 Å². The van der Waals surface area contributed by atoms with Crippen LogP contribution >= 0.6 is 0 Å². The number of piperidine rings is 1. The maximum atomic E-state index is 12.8. The maximum absolute atomic E-state index is 12.8. The number of hydrogen-bond acceptors (Lipinski definition) is 5. The van der Waals surface area contributed by atoms with Crippen LogP contribution in [0.2, 0.25) is 0 Å². The van der Waals surface area contributed by atoms with Gasteiger partial charge in [0.15, 0.2) is 0 Å². The van der Waals surface area contributed by atoms with Gasteiger partial charge in [0.2, 0.25) is 5.91 Å². The molecule has 0 saturated carbocycles. The predicted molar refractivity (Wildman–Crippen MR) is 109 cm³/mol. The Bertz CT molecular complexity index is 821. The van der Waals surface area contributed by atoms with E-state index in [9.17, 15) is 4.79 Å². The monoisotopic (exact) mass is 400 g/mol. The van der Waals surface area contributed by atoms with E-state index in [0.717, 1.165) is 69.8 Å². The third-order valence-corrected chi connectivity index (χ3v) is 6.36. The molecule has 1 amide bonds. The number of amides is 1. The highest BCUT2D eigenvalue weighted by Crippen LogP contribution is 2.42. The van der Waals surface area contributed by atoms with Crippen LogP contribution in [0.15, 0.2) is 12.5 Å². The number of nitrogens with one attached hydrogen (secondary N) is 2. The summed E-state index contributed by atoms with van der Waals surface area (Å²) in [7, 11) is 1.58. The molecule has 1 spiro atoms. The lowest BCUT2D eigenvalue weighted by atomic mass is 9.78. The van der Waals surface area contributed by atoms with Crippen molar-refractivity contribution < 1.29 is 9.53 Å². The first-order valence-corrected chi connectivity index (χ1v) is 10.7. The molecule has 1 saturated heterocycles. The summed E-state index contributed by atoms with van der Waals surface area (Å²) in [6.07, 6.45) is 9.69. The smallest absolute Gasteiger partial charge is 0.249 e. The maximum Gasteiger partial charge on any atom is 0.249 e. The van der Waals surface area contributed by atoms with Gasteiger partial charge in [-0.05, 0) is 19.3 Å². The first kappa shape index (κ1) is 20.1. The van der Waals surface area contributed by atoms with Crippen molar-refractivity contribution in [2.45, 2.75) is 57.5 Å². The van der Waals surface area contributed by atoms with E-state index in [0.29, 0.717) is 0 Å². The second kappa shape index (κ2) is 8.67. The predicted octanol–water partition coefficient (Wildman–Crippen LogP) is 2.00. The topological polar surface area (TPSA) is 90.1 Å². The Kier molecular flexibility index (Phi) is 6.01. The van der Waals surface area contributed by atoms with Crippen LogP contribution in [0.3, 0.4) is 0 Å². The third-order valence-electron chi connectivity index (χ3n) is 6.36. The molecule has 0 atom stereocenters. The van der Waals surface area contributed by atoms with Gasteiger partial charge < -0.3 is 19.6 Å². The van der Waals surface area contributed by atoms with Gasteiger partial charge in [-0.25, -0.2) is 9.97 Å². The fourth-order valence-electron chi connectivity index (χ4n) is 4.83. The van der Waals surface area contributed by atoms with E-state index in [1.807, 2.05) is 11.1 Å². The molecule has 8 nitrogen and oxygen atoms in total. The zero-order valence-electron chi connectivity index (χ0n) is 17.5. The Morgan fingerprint density at radius 3 is 2.86 bits per heavy atom. The molecule has 158 valence electrons. The lowest BCUT2D eigenvalue weighted by Crippen LogP contribution is -2.58. The summed E-state index contributed by atoms with van der Waals surface area (Å²) >= 11 is 0. The second-order valence-electron chi connectivity index (χ2n) is 8.22. The first-order valence-electron chi connectivity index (χ1n) is 10.7. The number of unbranched alkanes of at least 4 members (excludes halogenated alkanes) is 1. The summed E-state index contributed by atoms with van der Waals surface area (Å²) in [5, 5.41) is 0. The minimum absolute atomic E-state index is 0.0590. The number of imidazole rings is 2. The average molecular weight is 401 g/mol. The number of methoxy groups -OCH3 is 1. The molecular weight excluding hydrogens is 368 g/mol. The first-order chi connectivity index (χ1) is 14.2. The van der Waals surface area contributed by atoms with Crippen molar-refractivity contribution in [3.63, 3.8) is 0 Å². The van der Waals surface area contributed by atoms with E-state index in [4.69, 9.17) is 4.74 Å². The number of likely N-dealkylation sites (tertiary alicyclic amines) is 1. The van der Waals surface area contributed by atoms with E-state index in [-0.39, 0.29) is 18.1 Å². The number of aryl methyl sites for hydroxylation is 1. The summed E-state index contributed by atoms with van der Waals surface area (Å²) in [6.45, 7) is 5.76. The number of rotatable bonds is 7. The summed E-state index contributed by atoms with van der Waals surface area (Å²) in [5.41, 5.74) is 3.08. The van der Waals surface area contributed by atoms with Gasteiger partial charge >= 0.3 is 0 Å². The van der Waals surface area contributed by atoms with Crippen LogP contribution in [-0.4, -0.2) is 69.0 Å². The van der Waals surface area contributed by atoms with Crippen molar-refractivity contribution in [2.24, 2.45) is 0 Å². The number of hydrogen-bond donors (Lipinski definition) is 2. The molecule has 8 heteroatoms. The molecule has 2 aliphatic rings. The number of carbonyl (C=O) groups is 1. The number of carbonyl (C=O) groups excluding carboxylic acids is 1. The number of ether oxygens (including phenoxy) is 1. The number of H-pyrrole nitrogens is 2. The second-order valence-corrected chi connectivity index (χ2v) is 8.22. The van der Waals surface area contributed by atoms with Crippen molar-refractivity contribution >= 4 is 5.91 Å². The van der Waals surface area contributed by atoms with Crippen LogP contribution in [0.1, 0.15) is 55.5 Å². The molecule has 2 aromatic rings.